The van der Waals surface area contributed by atoms with Gasteiger partial charge in [-0.1, -0.05) is 147 Å². The van der Waals surface area contributed by atoms with E-state index < -0.39 is 13.9 Å². The molecule has 54 heavy (non-hydrogen) atoms. The fourth-order valence-corrected chi connectivity index (χ4v) is 6.67. The predicted molar refractivity (Wildman–Crippen MR) is 229 cm³/mol. The number of phosphoric ester groups is 1. The van der Waals surface area contributed by atoms with Gasteiger partial charge in [-0.15, -0.1) is 0 Å². The summed E-state index contributed by atoms with van der Waals surface area (Å²) in [5.41, 5.74) is 0. The van der Waals surface area contributed by atoms with Crippen LogP contribution in [0.1, 0.15) is 187 Å². The lowest BCUT2D eigenvalue weighted by Crippen LogP contribution is -2.37. The van der Waals surface area contributed by atoms with Crippen LogP contribution in [0.4, 0.5) is 0 Å². The highest BCUT2D eigenvalue weighted by atomic mass is 31.2. The number of phosphoric acid groups is 1. The van der Waals surface area contributed by atoms with Gasteiger partial charge in [-0.2, -0.15) is 0 Å². The van der Waals surface area contributed by atoms with E-state index in [9.17, 15) is 14.3 Å². The molecule has 0 saturated carbocycles. The minimum absolute atomic E-state index is 0.0857. The lowest BCUT2D eigenvalue weighted by Gasteiger charge is -2.24. The number of unbranched alkanes of at least 4 members (excludes halogenated alkanes) is 21. The Morgan fingerprint density at radius 2 is 1.02 bits per heavy atom. The van der Waals surface area contributed by atoms with Gasteiger partial charge in [-0.25, -0.2) is 4.57 Å². The van der Waals surface area contributed by atoms with Crippen molar-refractivity contribution in [1.29, 1.82) is 0 Å². The van der Waals surface area contributed by atoms with Crippen LogP contribution in [0.2, 0.25) is 0 Å². The van der Waals surface area contributed by atoms with Crippen molar-refractivity contribution in [3.63, 3.8) is 0 Å². The van der Waals surface area contributed by atoms with Crippen molar-refractivity contribution in [2.75, 3.05) is 54.1 Å². The minimum atomic E-state index is -4.28. The Bertz CT molecular complexity index is 962. The summed E-state index contributed by atoms with van der Waals surface area (Å²) in [6.07, 6.45) is 44.5. The van der Waals surface area contributed by atoms with Gasteiger partial charge in [0, 0.05) is 13.0 Å². The maximum atomic E-state index is 12.7. The molecule has 8 nitrogen and oxygen atoms in total. The molecule has 0 aliphatic heterocycles. The van der Waals surface area contributed by atoms with Gasteiger partial charge >= 0.3 is 13.8 Å². The van der Waals surface area contributed by atoms with Gasteiger partial charge in [0.2, 0.25) is 0 Å². The van der Waals surface area contributed by atoms with Crippen LogP contribution >= 0.6 is 7.82 Å². The Hall–Kier alpha value is -1.28. The molecule has 2 unspecified atom stereocenters. The van der Waals surface area contributed by atoms with E-state index >= 15 is 0 Å². The molecule has 318 valence electrons. The summed E-state index contributed by atoms with van der Waals surface area (Å²) in [6.45, 7) is 5.57. The zero-order valence-electron chi connectivity index (χ0n) is 36.0. The molecule has 0 rings (SSSR count). The quantitative estimate of drug-likeness (QED) is 0.0217. The van der Waals surface area contributed by atoms with Gasteiger partial charge in [0.1, 0.15) is 19.3 Å². The largest absolute Gasteiger partial charge is 0.472 e. The van der Waals surface area contributed by atoms with Crippen LogP contribution in [-0.2, 0) is 27.9 Å². The number of nitrogens with zero attached hydrogens (tertiary/aromatic N) is 1. The molecule has 0 radical (unpaired) electrons. The molecule has 0 aromatic rings. The van der Waals surface area contributed by atoms with Gasteiger partial charge in [-0.05, 0) is 70.6 Å². The topological polar surface area (TPSA) is 91.3 Å². The van der Waals surface area contributed by atoms with Gasteiger partial charge in [0.25, 0.3) is 0 Å². The van der Waals surface area contributed by atoms with Crippen LogP contribution < -0.4 is 0 Å². The number of allylic oxidation sites excluding steroid dienone is 6. The van der Waals surface area contributed by atoms with Crippen molar-refractivity contribution in [2.24, 2.45) is 0 Å². The average molecular weight is 785 g/mol. The summed E-state index contributed by atoms with van der Waals surface area (Å²) < 4.78 is 35.0. The second-order valence-corrected chi connectivity index (χ2v) is 17.5. The van der Waals surface area contributed by atoms with Crippen LogP contribution in [-0.4, -0.2) is 75.6 Å². The normalized spacial score (nSPS) is 14.1. The molecule has 0 aliphatic carbocycles. The Morgan fingerprint density at radius 1 is 0.574 bits per heavy atom. The Labute approximate surface area is 334 Å². The van der Waals surface area contributed by atoms with Gasteiger partial charge in [0.05, 0.1) is 34.4 Å². The fourth-order valence-electron chi connectivity index (χ4n) is 5.93. The predicted octanol–water partition coefficient (Wildman–Crippen LogP) is 13.0. The van der Waals surface area contributed by atoms with E-state index in [1.54, 1.807) is 0 Å². The van der Waals surface area contributed by atoms with Crippen LogP contribution in [0.5, 0.6) is 0 Å². The van der Waals surface area contributed by atoms with Crippen LogP contribution in [0.15, 0.2) is 36.5 Å². The second-order valence-electron chi connectivity index (χ2n) is 16.1. The first-order valence-electron chi connectivity index (χ1n) is 22.2. The van der Waals surface area contributed by atoms with Gasteiger partial charge in [-0.3, -0.25) is 13.8 Å². The summed E-state index contributed by atoms with van der Waals surface area (Å²) in [6, 6.07) is 0. The van der Waals surface area contributed by atoms with Gasteiger partial charge in [0.15, 0.2) is 0 Å². The summed E-state index contributed by atoms with van der Waals surface area (Å²) in [4.78, 5) is 22.9. The summed E-state index contributed by atoms with van der Waals surface area (Å²) >= 11 is 0. The van der Waals surface area contributed by atoms with Crippen molar-refractivity contribution < 1.29 is 37.3 Å². The third kappa shape index (κ3) is 41.9. The van der Waals surface area contributed by atoms with Crippen molar-refractivity contribution in [3.8, 4) is 0 Å². The van der Waals surface area contributed by atoms with Crippen molar-refractivity contribution in [1.82, 2.24) is 0 Å². The molecule has 0 aliphatic rings. The number of ether oxygens (including phenoxy) is 2. The monoisotopic (exact) mass is 785 g/mol. The van der Waals surface area contributed by atoms with E-state index in [2.05, 4.69) is 50.3 Å². The lowest BCUT2D eigenvalue weighted by molar-refractivity contribution is -0.870. The highest BCUT2D eigenvalue weighted by Gasteiger charge is 2.26. The lowest BCUT2D eigenvalue weighted by atomic mass is 10.1. The summed E-state index contributed by atoms with van der Waals surface area (Å²) in [7, 11) is 1.66. The number of hydrogen-bond donors (Lipinski definition) is 1. The van der Waals surface area contributed by atoms with E-state index in [4.69, 9.17) is 18.5 Å². The van der Waals surface area contributed by atoms with Crippen molar-refractivity contribution >= 4 is 13.8 Å². The van der Waals surface area contributed by atoms with Crippen molar-refractivity contribution in [3.05, 3.63) is 36.5 Å². The van der Waals surface area contributed by atoms with E-state index in [0.29, 0.717) is 24.1 Å². The molecule has 0 spiro atoms. The van der Waals surface area contributed by atoms with E-state index in [-0.39, 0.29) is 25.8 Å². The smallest absolute Gasteiger partial charge is 0.457 e. The molecule has 0 bridgehead atoms. The van der Waals surface area contributed by atoms with E-state index in [1.165, 1.54) is 116 Å². The molecular formula is C45H87NO7P+. The van der Waals surface area contributed by atoms with Crippen LogP contribution in [0.3, 0.4) is 0 Å². The van der Waals surface area contributed by atoms with Gasteiger partial charge < -0.3 is 18.9 Å². The number of quaternary nitrogens is 1. The average Bonchev–Trinajstić information content (AvgIpc) is 3.12. The second kappa shape index (κ2) is 38.6. The molecule has 0 aromatic carbocycles. The molecule has 0 aromatic heterocycles. The number of carbonyl (C=O) groups is 1. The third-order valence-corrected chi connectivity index (χ3v) is 10.4. The first kappa shape index (κ1) is 52.7. The molecule has 0 fully saturated rings. The number of rotatable bonds is 41. The number of carbonyl (C=O) groups excluding carboxylic acids is 1. The molecule has 2 atom stereocenters. The number of hydrogen-bond acceptors (Lipinski definition) is 6. The molecule has 1 N–H and O–H groups in total. The summed E-state index contributed by atoms with van der Waals surface area (Å²) in [5, 5.41) is 0. The van der Waals surface area contributed by atoms with Crippen LogP contribution in [0, 0.1) is 0 Å². The number of likely N-dealkylation sites (N-methyl/N-ethyl adjacent to an activating group) is 1. The first-order chi connectivity index (χ1) is 26.1. The fraction of sp³-hybridized carbons (Fsp3) is 0.844. The standard InChI is InChI=1S/C45H86NO7P/c1-6-8-10-12-14-16-18-20-22-23-24-25-27-29-31-33-35-37-40-50-42-44(43-52-54(48,49)51-41-39-46(3,4)5)53-45(47)38-36-34-32-30-28-26-21-19-17-15-13-11-9-7-2/h14,16,19-22,44H,6-13,15,17-18,23-43H2,1-5H3/p+1/b16-14-,21-19-,22-20-. The highest BCUT2D eigenvalue weighted by Crippen LogP contribution is 2.43. The Balaban J connectivity index is 4.24. The zero-order chi connectivity index (χ0) is 39.9. The molecule has 0 heterocycles. The molecular weight excluding hydrogens is 697 g/mol. The molecule has 9 heteroatoms. The zero-order valence-corrected chi connectivity index (χ0v) is 36.9. The third-order valence-electron chi connectivity index (χ3n) is 9.42. The summed E-state index contributed by atoms with van der Waals surface area (Å²) in [5.74, 6) is -0.325. The SMILES string of the molecule is CCCCC/C=C\C/C=C\CCCCCCCCCCOCC(COP(=O)(O)OCC[N+](C)(C)C)OC(=O)CCCCCCC/C=C\CCCCCCC. The number of esters is 1. The van der Waals surface area contributed by atoms with E-state index in [1.807, 2.05) is 21.1 Å². The maximum Gasteiger partial charge on any atom is 0.472 e. The maximum absolute atomic E-state index is 12.7. The highest BCUT2D eigenvalue weighted by molar-refractivity contribution is 7.47. The molecule has 0 saturated heterocycles. The first-order valence-corrected chi connectivity index (χ1v) is 23.7. The molecule has 0 amide bonds. The van der Waals surface area contributed by atoms with Crippen LogP contribution in [0.25, 0.3) is 0 Å². The van der Waals surface area contributed by atoms with E-state index in [0.717, 1.165) is 51.4 Å². The Morgan fingerprint density at radius 3 is 1.56 bits per heavy atom. The minimum Gasteiger partial charge on any atom is -0.457 e. The Kier molecular flexibility index (Phi) is 37.7. The van der Waals surface area contributed by atoms with Crippen molar-refractivity contribution in [2.45, 2.75) is 193 Å².